The second kappa shape index (κ2) is 5.91. The zero-order chi connectivity index (χ0) is 13.8. The van der Waals surface area contributed by atoms with Crippen LogP contribution in [0.25, 0.3) is 6.08 Å². The molecule has 1 aliphatic rings. The molecule has 102 valence electrons. The SMILES string of the molecule is Cc1cc(N2CCC(C)CC2)ccc1C=CC(=O)O. The minimum absolute atomic E-state index is 0.829. The molecule has 0 radical (unpaired) electrons. The molecule has 2 rings (SSSR count). The van der Waals surface area contributed by atoms with E-state index < -0.39 is 5.97 Å². The Morgan fingerprint density at radius 3 is 2.63 bits per heavy atom. The Bertz CT molecular complexity index is 486. The highest BCUT2D eigenvalue weighted by atomic mass is 16.4. The first-order valence-corrected chi connectivity index (χ1v) is 6.83. The predicted molar refractivity (Wildman–Crippen MR) is 78.5 cm³/mol. The van der Waals surface area contributed by atoms with E-state index in [1.807, 2.05) is 13.0 Å². The van der Waals surface area contributed by atoms with Gasteiger partial charge in [0.2, 0.25) is 0 Å². The Morgan fingerprint density at radius 2 is 2.05 bits per heavy atom. The van der Waals surface area contributed by atoms with Gasteiger partial charge < -0.3 is 10.0 Å². The molecule has 0 unspecified atom stereocenters. The van der Waals surface area contributed by atoms with Gasteiger partial charge in [-0.25, -0.2) is 4.79 Å². The Morgan fingerprint density at radius 1 is 1.37 bits per heavy atom. The van der Waals surface area contributed by atoms with Crippen molar-refractivity contribution in [1.29, 1.82) is 0 Å². The molecule has 0 spiro atoms. The molecule has 0 amide bonds. The Labute approximate surface area is 114 Å². The van der Waals surface area contributed by atoms with Crippen molar-refractivity contribution in [3.63, 3.8) is 0 Å². The summed E-state index contributed by atoms with van der Waals surface area (Å²) in [4.78, 5) is 12.9. The van der Waals surface area contributed by atoms with Crippen LogP contribution >= 0.6 is 0 Å². The molecule has 1 saturated heterocycles. The van der Waals surface area contributed by atoms with E-state index >= 15 is 0 Å². The van der Waals surface area contributed by atoms with E-state index in [1.54, 1.807) is 6.08 Å². The van der Waals surface area contributed by atoms with E-state index in [0.717, 1.165) is 30.1 Å². The number of carbonyl (C=O) groups is 1. The summed E-state index contributed by atoms with van der Waals surface area (Å²) in [5, 5.41) is 8.65. The maximum atomic E-state index is 10.5. The van der Waals surface area contributed by atoms with Gasteiger partial charge in [0, 0.05) is 24.9 Å². The number of nitrogens with zero attached hydrogens (tertiary/aromatic N) is 1. The van der Waals surface area contributed by atoms with E-state index in [1.165, 1.54) is 24.6 Å². The van der Waals surface area contributed by atoms with Gasteiger partial charge in [-0.05, 0) is 55.0 Å². The normalized spacial score (nSPS) is 17.1. The lowest BCUT2D eigenvalue weighted by Crippen LogP contribution is -2.32. The summed E-state index contributed by atoms with van der Waals surface area (Å²) in [5.41, 5.74) is 3.34. The van der Waals surface area contributed by atoms with E-state index in [4.69, 9.17) is 5.11 Å². The quantitative estimate of drug-likeness (QED) is 0.846. The number of hydrogen-bond donors (Lipinski definition) is 1. The van der Waals surface area contributed by atoms with Gasteiger partial charge in [-0.15, -0.1) is 0 Å². The standard InChI is InChI=1S/C16H21NO2/c1-12-7-9-17(10-8-12)15-5-3-14(13(2)11-15)4-6-16(18)19/h3-6,11-12H,7-10H2,1-2H3,(H,18,19). The Kier molecular flexibility index (Phi) is 4.25. The van der Waals surface area contributed by atoms with Gasteiger partial charge in [0.25, 0.3) is 0 Å². The summed E-state index contributed by atoms with van der Waals surface area (Å²) in [6.07, 6.45) is 5.34. The van der Waals surface area contributed by atoms with Gasteiger partial charge in [-0.2, -0.15) is 0 Å². The minimum atomic E-state index is -0.909. The van der Waals surface area contributed by atoms with E-state index in [9.17, 15) is 4.79 Å². The van der Waals surface area contributed by atoms with Crippen molar-refractivity contribution in [2.75, 3.05) is 18.0 Å². The number of rotatable bonds is 3. The highest BCUT2D eigenvalue weighted by Crippen LogP contribution is 2.25. The highest BCUT2D eigenvalue weighted by molar-refractivity contribution is 5.85. The lowest BCUT2D eigenvalue weighted by molar-refractivity contribution is -0.131. The maximum absolute atomic E-state index is 10.5. The molecular formula is C16H21NO2. The average molecular weight is 259 g/mol. The van der Waals surface area contributed by atoms with Gasteiger partial charge in [0.15, 0.2) is 0 Å². The first kappa shape index (κ1) is 13.7. The molecular weight excluding hydrogens is 238 g/mol. The maximum Gasteiger partial charge on any atom is 0.328 e. The minimum Gasteiger partial charge on any atom is -0.478 e. The van der Waals surface area contributed by atoms with Crippen LogP contribution in [-0.2, 0) is 4.79 Å². The third-order valence-corrected chi connectivity index (χ3v) is 3.81. The van der Waals surface area contributed by atoms with Crippen LogP contribution in [0.5, 0.6) is 0 Å². The second-order valence-corrected chi connectivity index (χ2v) is 5.38. The number of carboxylic acids is 1. The van der Waals surface area contributed by atoms with Gasteiger partial charge in [-0.3, -0.25) is 0 Å². The second-order valence-electron chi connectivity index (χ2n) is 5.38. The molecule has 0 aliphatic carbocycles. The number of aliphatic carboxylic acids is 1. The van der Waals surface area contributed by atoms with Crippen LogP contribution in [0, 0.1) is 12.8 Å². The molecule has 3 heteroatoms. The fourth-order valence-electron chi connectivity index (χ4n) is 2.47. The Hall–Kier alpha value is -1.77. The van der Waals surface area contributed by atoms with Crippen molar-refractivity contribution in [2.24, 2.45) is 5.92 Å². The number of carboxylic acid groups (broad SMARTS) is 1. The number of aryl methyl sites for hydroxylation is 1. The number of hydrogen-bond acceptors (Lipinski definition) is 2. The van der Waals surface area contributed by atoms with Gasteiger partial charge >= 0.3 is 5.97 Å². The molecule has 0 saturated carbocycles. The van der Waals surface area contributed by atoms with Crippen molar-refractivity contribution in [1.82, 2.24) is 0 Å². The van der Waals surface area contributed by atoms with Crippen LogP contribution in [0.1, 0.15) is 30.9 Å². The molecule has 3 nitrogen and oxygen atoms in total. The van der Waals surface area contributed by atoms with Crippen LogP contribution in [0.4, 0.5) is 5.69 Å². The van der Waals surface area contributed by atoms with E-state index in [-0.39, 0.29) is 0 Å². The third-order valence-electron chi connectivity index (χ3n) is 3.81. The lowest BCUT2D eigenvalue weighted by Gasteiger charge is -2.32. The van der Waals surface area contributed by atoms with Gasteiger partial charge in [0.05, 0.1) is 0 Å². The number of benzene rings is 1. The fraction of sp³-hybridized carbons (Fsp3) is 0.438. The van der Waals surface area contributed by atoms with Crippen LogP contribution in [0.15, 0.2) is 24.3 Å². The van der Waals surface area contributed by atoms with Crippen LogP contribution in [0.2, 0.25) is 0 Å². The highest BCUT2D eigenvalue weighted by Gasteiger charge is 2.16. The Balaban J connectivity index is 2.12. The summed E-state index contributed by atoms with van der Waals surface area (Å²) in [7, 11) is 0. The molecule has 1 heterocycles. The van der Waals surface area contributed by atoms with Gasteiger partial charge in [-0.1, -0.05) is 13.0 Å². The summed E-state index contributed by atoms with van der Waals surface area (Å²) < 4.78 is 0. The molecule has 0 aromatic heterocycles. The van der Waals surface area contributed by atoms with Crippen molar-refractivity contribution in [2.45, 2.75) is 26.7 Å². The van der Waals surface area contributed by atoms with Crippen molar-refractivity contribution >= 4 is 17.7 Å². The van der Waals surface area contributed by atoms with Crippen LogP contribution in [-0.4, -0.2) is 24.2 Å². The third kappa shape index (κ3) is 3.60. The zero-order valence-electron chi connectivity index (χ0n) is 11.6. The summed E-state index contributed by atoms with van der Waals surface area (Å²) in [5.74, 6) is -0.0800. The van der Waals surface area contributed by atoms with Crippen molar-refractivity contribution in [3.05, 3.63) is 35.4 Å². The molecule has 1 aromatic rings. The number of anilines is 1. The summed E-state index contributed by atoms with van der Waals surface area (Å²) in [6.45, 7) is 6.57. The largest absolute Gasteiger partial charge is 0.478 e. The van der Waals surface area contributed by atoms with Crippen LogP contribution in [0.3, 0.4) is 0 Å². The predicted octanol–water partition coefficient (Wildman–Crippen LogP) is 3.33. The lowest BCUT2D eigenvalue weighted by atomic mass is 9.98. The molecule has 1 fully saturated rings. The van der Waals surface area contributed by atoms with Gasteiger partial charge in [0.1, 0.15) is 0 Å². The van der Waals surface area contributed by atoms with E-state index in [2.05, 4.69) is 24.0 Å². The molecule has 1 N–H and O–H groups in total. The molecule has 0 atom stereocenters. The zero-order valence-corrected chi connectivity index (χ0v) is 11.6. The molecule has 0 bridgehead atoms. The molecule has 1 aliphatic heterocycles. The summed E-state index contributed by atoms with van der Waals surface area (Å²) >= 11 is 0. The first-order chi connectivity index (χ1) is 9.06. The number of piperidine rings is 1. The summed E-state index contributed by atoms with van der Waals surface area (Å²) in [6, 6.07) is 6.24. The monoisotopic (exact) mass is 259 g/mol. The molecule has 1 aromatic carbocycles. The van der Waals surface area contributed by atoms with Crippen LogP contribution < -0.4 is 4.90 Å². The topological polar surface area (TPSA) is 40.5 Å². The average Bonchev–Trinajstić information content (AvgIpc) is 2.38. The van der Waals surface area contributed by atoms with Crippen molar-refractivity contribution in [3.8, 4) is 0 Å². The van der Waals surface area contributed by atoms with Crippen molar-refractivity contribution < 1.29 is 9.90 Å². The fourth-order valence-corrected chi connectivity index (χ4v) is 2.47. The smallest absolute Gasteiger partial charge is 0.328 e. The van der Waals surface area contributed by atoms with E-state index in [0.29, 0.717) is 0 Å². The first-order valence-electron chi connectivity index (χ1n) is 6.83. The molecule has 19 heavy (non-hydrogen) atoms.